The number of hydrogen-bond acceptors (Lipinski definition) is 2. The molecular weight excluding hydrogens is 334 g/mol. The Kier molecular flexibility index (Phi) is 5.11. The first-order valence-electron chi connectivity index (χ1n) is 8.58. The molecule has 0 spiro atoms. The third-order valence-electron chi connectivity index (χ3n) is 5.80. The number of rotatable bonds is 2. The van der Waals surface area contributed by atoms with E-state index in [1.807, 2.05) is 4.90 Å². The van der Waals surface area contributed by atoms with Gasteiger partial charge in [-0.3, -0.25) is 4.79 Å². The molecule has 6 heteroatoms. The smallest absolute Gasteiger partial charge is 0.226 e. The second-order valence-corrected chi connectivity index (χ2v) is 7.20. The van der Waals surface area contributed by atoms with Crippen molar-refractivity contribution in [3.05, 3.63) is 35.4 Å². The van der Waals surface area contributed by atoms with Crippen LogP contribution in [0.4, 0.5) is 8.78 Å². The molecule has 1 aromatic rings. The van der Waals surface area contributed by atoms with E-state index in [2.05, 4.69) is 5.32 Å². The molecule has 0 aromatic heterocycles. The van der Waals surface area contributed by atoms with Crippen LogP contribution in [-0.4, -0.2) is 37.0 Å². The summed E-state index contributed by atoms with van der Waals surface area (Å²) in [4.78, 5) is 14.7. The van der Waals surface area contributed by atoms with Gasteiger partial charge in [0.05, 0.1) is 0 Å². The van der Waals surface area contributed by atoms with Crippen LogP contribution >= 0.6 is 12.4 Å². The highest BCUT2D eigenvalue weighted by Gasteiger charge is 2.47. The zero-order chi connectivity index (χ0) is 16.0. The summed E-state index contributed by atoms with van der Waals surface area (Å²) < 4.78 is 26.9. The average molecular weight is 357 g/mol. The number of benzene rings is 1. The zero-order valence-electron chi connectivity index (χ0n) is 13.5. The van der Waals surface area contributed by atoms with Gasteiger partial charge in [0.15, 0.2) is 0 Å². The van der Waals surface area contributed by atoms with Crippen molar-refractivity contribution in [2.45, 2.75) is 25.2 Å². The van der Waals surface area contributed by atoms with Gasteiger partial charge >= 0.3 is 0 Å². The van der Waals surface area contributed by atoms with E-state index in [4.69, 9.17) is 0 Å². The summed E-state index contributed by atoms with van der Waals surface area (Å²) in [5, 5.41) is 3.43. The Morgan fingerprint density at radius 1 is 1.12 bits per heavy atom. The predicted octanol–water partition coefficient (Wildman–Crippen LogP) is 2.95. The highest BCUT2D eigenvalue weighted by molar-refractivity contribution is 5.85. The molecule has 3 nitrogen and oxygen atoms in total. The minimum absolute atomic E-state index is 0. The molecule has 24 heavy (non-hydrogen) atoms. The fraction of sp³-hybridized carbons (Fsp3) is 0.611. The summed E-state index contributed by atoms with van der Waals surface area (Å²) in [6.07, 6.45) is 2.81. The third kappa shape index (κ3) is 3.29. The van der Waals surface area contributed by atoms with Gasteiger partial charge < -0.3 is 10.2 Å². The van der Waals surface area contributed by atoms with Crippen LogP contribution in [0.25, 0.3) is 0 Å². The molecule has 2 aliphatic heterocycles. The number of nitrogens with zero attached hydrogens (tertiary/aromatic N) is 1. The summed E-state index contributed by atoms with van der Waals surface area (Å²) >= 11 is 0. The van der Waals surface area contributed by atoms with Crippen molar-refractivity contribution in [2.75, 3.05) is 26.2 Å². The van der Waals surface area contributed by atoms with Gasteiger partial charge in [0.2, 0.25) is 5.91 Å². The van der Waals surface area contributed by atoms with Crippen molar-refractivity contribution in [1.29, 1.82) is 0 Å². The van der Waals surface area contributed by atoms with Gasteiger partial charge in [-0.2, -0.15) is 0 Å². The van der Waals surface area contributed by atoms with Crippen LogP contribution in [0.1, 0.15) is 30.7 Å². The molecule has 1 saturated carbocycles. The third-order valence-corrected chi connectivity index (χ3v) is 5.80. The SMILES string of the molecule is Cl.O=C(C1CC1c1ccc(F)cc1F)N1CC[C@@H]2CNC[C@@H]2CC1. The Bertz CT molecular complexity index is 613. The first kappa shape index (κ1) is 17.6. The van der Waals surface area contributed by atoms with Gasteiger partial charge in [0, 0.05) is 25.1 Å². The number of amides is 1. The largest absolute Gasteiger partial charge is 0.342 e. The standard InChI is InChI=1S/C18H22F2N2O.ClH/c19-13-1-2-14(17(20)7-13)15-8-16(15)18(23)22-5-3-11-9-21-10-12(11)4-6-22;/h1-2,7,11-12,15-16,21H,3-6,8-10H2;1H/t11-,12+,15?,16?;. The lowest BCUT2D eigenvalue weighted by Gasteiger charge is -2.21. The van der Waals surface area contributed by atoms with Gasteiger partial charge in [0.1, 0.15) is 11.6 Å². The number of likely N-dealkylation sites (tertiary alicyclic amines) is 1. The highest BCUT2D eigenvalue weighted by atomic mass is 35.5. The highest BCUT2D eigenvalue weighted by Crippen LogP contribution is 2.49. The molecule has 1 aliphatic carbocycles. The average Bonchev–Trinajstić information content (AvgIpc) is 3.24. The summed E-state index contributed by atoms with van der Waals surface area (Å²) in [5.74, 6) is 0.254. The van der Waals surface area contributed by atoms with Crippen molar-refractivity contribution in [2.24, 2.45) is 17.8 Å². The lowest BCUT2D eigenvalue weighted by molar-refractivity contribution is -0.132. The zero-order valence-corrected chi connectivity index (χ0v) is 14.3. The molecule has 4 atom stereocenters. The Balaban J connectivity index is 0.00000169. The maximum atomic E-state index is 13.9. The van der Waals surface area contributed by atoms with Crippen LogP contribution in [0.3, 0.4) is 0 Å². The fourth-order valence-corrected chi connectivity index (χ4v) is 4.29. The second-order valence-electron chi connectivity index (χ2n) is 7.20. The molecule has 1 N–H and O–H groups in total. The lowest BCUT2D eigenvalue weighted by atomic mass is 9.92. The number of carbonyl (C=O) groups is 1. The minimum atomic E-state index is -0.567. The fourth-order valence-electron chi connectivity index (χ4n) is 4.29. The van der Waals surface area contributed by atoms with Crippen LogP contribution in [0.15, 0.2) is 18.2 Å². The van der Waals surface area contributed by atoms with Gasteiger partial charge in [-0.05, 0) is 61.7 Å². The van der Waals surface area contributed by atoms with Crippen LogP contribution < -0.4 is 5.32 Å². The molecule has 3 aliphatic rings. The van der Waals surface area contributed by atoms with Crippen LogP contribution in [0, 0.1) is 29.4 Å². The molecule has 0 radical (unpaired) electrons. The molecule has 1 amide bonds. The van der Waals surface area contributed by atoms with E-state index in [0.29, 0.717) is 23.8 Å². The van der Waals surface area contributed by atoms with Crippen LogP contribution in [0.5, 0.6) is 0 Å². The lowest BCUT2D eigenvalue weighted by Crippen LogP contribution is -2.34. The predicted molar refractivity (Wildman–Crippen MR) is 90.1 cm³/mol. The molecule has 3 fully saturated rings. The monoisotopic (exact) mass is 356 g/mol. The number of fused-ring (bicyclic) bond motifs is 1. The van der Waals surface area contributed by atoms with Gasteiger partial charge in [0.25, 0.3) is 0 Å². The van der Waals surface area contributed by atoms with Gasteiger partial charge in [-0.25, -0.2) is 8.78 Å². The molecule has 2 heterocycles. The minimum Gasteiger partial charge on any atom is -0.342 e. The van der Waals surface area contributed by atoms with E-state index in [-0.39, 0.29) is 30.2 Å². The first-order chi connectivity index (χ1) is 11.1. The van der Waals surface area contributed by atoms with Crippen molar-refractivity contribution in [3.8, 4) is 0 Å². The topological polar surface area (TPSA) is 32.3 Å². The van der Waals surface area contributed by atoms with Crippen molar-refractivity contribution >= 4 is 18.3 Å². The van der Waals surface area contributed by atoms with E-state index in [0.717, 1.165) is 45.1 Å². The second kappa shape index (κ2) is 6.96. The number of hydrogen-bond donors (Lipinski definition) is 1. The van der Waals surface area contributed by atoms with E-state index >= 15 is 0 Å². The van der Waals surface area contributed by atoms with Crippen LogP contribution in [-0.2, 0) is 4.79 Å². The van der Waals surface area contributed by atoms with Crippen molar-refractivity contribution < 1.29 is 13.6 Å². The normalized spacial score (nSPS) is 31.8. The molecule has 1 aromatic carbocycles. The Hall–Kier alpha value is -1.20. The van der Waals surface area contributed by atoms with Crippen LogP contribution in [0.2, 0.25) is 0 Å². The molecule has 132 valence electrons. The number of halogens is 3. The molecule has 4 rings (SSSR count). The summed E-state index contributed by atoms with van der Waals surface area (Å²) in [6, 6.07) is 3.68. The summed E-state index contributed by atoms with van der Waals surface area (Å²) in [6.45, 7) is 3.77. The molecular formula is C18H23ClF2N2O. The first-order valence-corrected chi connectivity index (χ1v) is 8.58. The molecule has 0 bridgehead atoms. The van der Waals surface area contributed by atoms with Gasteiger partial charge in [-0.15, -0.1) is 12.4 Å². The van der Waals surface area contributed by atoms with Crippen molar-refractivity contribution in [3.63, 3.8) is 0 Å². The Labute approximate surface area is 147 Å². The van der Waals surface area contributed by atoms with Crippen molar-refractivity contribution in [1.82, 2.24) is 10.2 Å². The van der Waals surface area contributed by atoms with E-state index < -0.39 is 11.6 Å². The molecule has 2 unspecified atom stereocenters. The number of nitrogens with one attached hydrogen (secondary N) is 1. The summed E-state index contributed by atoms with van der Waals surface area (Å²) in [7, 11) is 0. The Morgan fingerprint density at radius 3 is 2.42 bits per heavy atom. The van der Waals surface area contributed by atoms with E-state index in [9.17, 15) is 13.6 Å². The van der Waals surface area contributed by atoms with E-state index in [1.54, 1.807) is 0 Å². The molecule has 2 saturated heterocycles. The Morgan fingerprint density at radius 2 is 1.79 bits per heavy atom. The van der Waals surface area contributed by atoms with Gasteiger partial charge in [-0.1, -0.05) is 6.07 Å². The summed E-state index contributed by atoms with van der Waals surface area (Å²) in [5.41, 5.74) is 0.487. The maximum absolute atomic E-state index is 13.9. The number of carbonyl (C=O) groups excluding carboxylic acids is 1. The quantitative estimate of drug-likeness (QED) is 0.883. The van der Waals surface area contributed by atoms with E-state index in [1.165, 1.54) is 12.1 Å². The maximum Gasteiger partial charge on any atom is 0.226 e.